The molecule has 2 heterocycles. The molecule has 31 heavy (non-hydrogen) atoms. The molecule has 2 aliphatic rings. The normalized spacial score (nSPS) is 17.8. The quantitative estimate of drug-likeness (QED) is 0.384. The summed E-state index contributed by atoms with van der Waals surface area (Å²) in [6, 6.07) is 7.96. The molecule has 1 atom stereocenters. The lowest BCUT2D eigenvalue weighted by Crippen LogP contribution is -2.29. The number of halogens is 6. The van der Waals surface area contributed by atoms with Gasteiger partial charge in [-0.1, -0.05) is 40.9 Å². The molecule has 4 nitrogen and oxygen atoms in total. The summed E-state index contributed by atoms with van der Waals surface area (Å²) in [6.45, 7) is 1.12. The maximum atomic E-state index is 14.0. The van der Waals surface area contributed by atoms with Crippen LogP contribution in [-0.2, 0) is 11.3 Å². The molecule has 0 N–H and O–H groups in total. The molecule has 3 aromatic rings. The lowest BCUT2D eigenvalue weighted by atomic mass is 10.1. The largest absolute Gasteiger partial charge is 0.418 e. The Labute approximate surface area is 191 Å². The molecule has 1 aliphatic carbocycles. The van der Waals surface area contributed by atoms with Crippen molar-refractivity contribution in [1.82, 2.24) is 9.55 Å². The highest BCUT2D eigenvalue weighted by molar-refractivity contribution is 6.36. The predicted octanol–water partition coefficient (Wildman–Crippen LogP) is 7.32. The summed E-state index contributed by atoms with van der Waals surface area (Å²) >= 11 is 18.8. The standard InChI is InChI=1S/C21H17Cl3F3N3O/c22-11-2-7-16(15(24)10-11)29-8-1-9-30-18-13(5-6-14(23)17(18)28-20(29)30)19(21(25,26)27)31-12-3-4-12/h2,5-7,10,12,19H,1,3-4,8-9H2. The van der Waals surface area contributed by atoms with Crippen molar-refractivity contribution in [2.24, 2.45) is 0 Å². The predicted molar refractivity (Wildman–Crippen MR) is 116 cm³/mol. The number of fused-ring (bicyclic) bond motifs is 3. The summed E-state index contributed by atoms with van der Waals surface area (Å²) in [5.74, 6) is 0.493. The minimum absolute atomic E-state index is 0.0293. The van der Waals surface area contributed by atoms with Crippen LogP contribution < -0.4 is 4.90 Å². The molecule has 10 heteroatoms. The van der Waals surface area contributed by atoms with Crippen molar-refractivity contribution in [1.29, 1.82) is 0 Å². The molecule has 1 aliphatic heterocycles. The Kier molecular flexibility index (Phi) is 5.28. The third-order valence-corrected chi connectivity index (χ3v) is 6.34. The number of imidazole rings is 1. The molecule has 0 bridgehead atoms. The highest BCUT2D eigenvalue weighted by atomic mass is 35.5. The van der Waals surface area contributed by atoms with E-state index in [0.29, 0.717) is 65.1 Å². The van der Waals surface area contributed by atoms with Crippen LogP contribution in [-0.4, -0.2) is 28.4 Å². The number of alkyl halides is 3. The minimum Gasteiger partial charge on any atom is -0.361 e. The van der Waals surface area contributed by atoms with Gasteiger partial charge in [-0.3, -0.25) is 0 Å². The Balaban J connectivity index is 1.69. The molecular weight excluding hydrogens is 474 g/mol. The van der Waals surface area contributed by atoms with Crippen molar-refractivity contribution in [2.75, 3.05) is 11.4 Å². The average Bonchev–Trinajstić information content (AvgIpc) is 3.44. The summed E-state index contributed by atoms with van der Waals surface area (Å²) in [7, 11) is 0. The Bertz CT molecular complexity index is 1160. The number of aromatic nitrogens is 2. The Morgan fingerprint density at radius 3 is 2.48 bits per heavy atom. The van der Waals surface area contributed by atoms with Gasteiger partial charge in [-0.15, -0.1) is 0 Å². The van der Waals surface area contributed by atoms with Gasteiger partial charge in [-0.2, -0.15) is 13.2 Å². The summed E-state index contributed by atoms with van der Waals surface area (Å²) in [6.07, 6.45) is -4.99. The van der Waals surface area contributed by atoms with E-state index >= 15 is 0 Å². The third-order valence-electron chi connectivity index (χ3n) is 5.49. The zero-order valence-corrected chi connectivity index (χ0v) is 18.4. The molecule has 1 saturated carbocycles. The van der Waals surface area contributed by atoms with Crippen LogP contribution in [0.1, 0.15) is 30.9 Å². The van der Waals surface area contributed by atoms with Crippen LogP contribution in [0.3, 0.4) is 0 Å². The van der Waals surface area contributed by atoms with Crippen molar-refractivity contribution in [3.05, 3.63) is 51.0 Å². The zero-order chi connectivity index (χ0) is 21.9. The molecule has 0 radical (unpaired) electrons. The van der Waals surface area contributed by atoms with Gasteiger partial charge in [-0.05, 0) is 43.5 Å². The number of hydrogen-bond donors (Lipinski definition) is 0. The molecule has 0 spiro atoms. The summed E-state index contributed by atoms with van der Waals surface area (Å²) in [5.41, 5.74) is 1.38. The number of hydrogen-bond acceptors (Lipinski definition) is 3. The number of nitrogens with zero attached hydrogens (tertiary/aromatic N) is 3. The van der Waals surface area contributed by atoms with Gasteiger partial charge in [-0.25, -0.2) is 4.98 Å². The Morgan fingerprint density at radius 2 is 1.81 bits per heavy atom. The van der Waals surface area contributed by atoms with E-state index in [9.17, 15) is 13.2 Å². The first-order valence-corrected chi connectivity index (χ1v) is 11.0. The van der Waals surface area contributed by atoms with Crippen molar-refractivity contribution >= 4 is 57.5 Å². The van der Waals surface area contributed by atoms with E-state index in [2.05, 4.69) is 4.98 Å². The molecular formula is C21H17Cl3F3N3O. The molecule has 1 fully saturated rings. The zero-order valence-electron chi connectivity index (χ0n) is 16.1. The first-order valence-electron chi connectivity index (χ1n) is 9.87. The van der Waals surface area contributed by atoms with Crippen LogP contribution >= 0.6 is 34.8 Å². The van der Waals surface area contributed by atoms with Gasteiger partial charge in [0.05, 0.1) is 27.4 Å². The fraction of sp³-hybridized carbons (Fsp3) is 0.381. The van der Waals surface area contributed by atoms with Crippen LogP contribution in [0.5, 0.6) is 0 Å². The Hall–Kier alpha value is -1.67. The van der Waals surface area contributed by atoms with E-state index in [-0.39, 0.29) is 16.7 Å². The molecule has 0 saturated heterocycles. The maximum absolute atomic E-state index is 14.0. The fourth-order valence-electron chi connectivity index (χ4n) is 3.99. The third kappa shape index (κ3) is 3.86. The van der Waals surface area contributed by atoms with E-state index in [0.717, 1.165) is 0 Å². The van der Waals surface area contributed by atoms with Gasteiger partial charge < -0.3 is 14.2 Å². The van der Waals surface area contributed by atoms with Crippen molar-refractivity contribution in [3.63, 3.8) is 0 Å². The summed E-state index contributed by atoms with van der Waals surface area (Å²) in [5, 5.41) is 1.22. The lowest BCUT2D eigenvalue weighted by molar-refractivity contribution is -0.226. The van der Waals surface area contributed by atoms with Crippen molar-refractivity contribution in [3.8, 4) is 0 Å². The molecule has 1 aromatic heterocycles. The van der Waals surface area contributed by atoms with Crippen LogP contribution in [0.25, 0.3) is 11.0 Å². The average molecular weight is 491 g/mol. The van der Waals surface area contributed by atoms with E-state index in [1.165, 1.54) is 12.1 Å². The number of anilines is 2. The van der Waals surface area contributed by atoms with Crippen LogP contribution in [0.15, 0.2) is 30.3 Å². The monoisotopic (exact) mass is 489 g/mol. The topological polar surface area (TPSA) is 30.3 Å². The van der Waals surface area contributed by atoms with Crippen molar-refractivity contribution in [2.45, 2.75) is 44.2 Å². The van der Waals surface area contributed by atoms with E-state index in [1.807, 2.05) is 4.90 Å². The summed E-state index contributed by atoms with van der Waals surface area (Å²) in [4.78, 5) is 6.52. The van der Waals surface area contributed by atoms with Gasteiger partial charge in [0.25, 0.3) is 0 Å². The van der Waals surface area contributed by atoms with Crippen LogP contribution in [0.4, 0.5) is 24.8 Å². The lowest BCUT2D eigenvalue weighted by Gasteiger charge is -2.30. The highest BCUT2D eigenvalue weighted by Gasteiger charge is 2.46. The first-order chi connectivity index (χ1) is 14.7. The van der Waals surface area contributed by atoms with Gasteiger partial charge in [0.15, 0.2) is 6.10 Å². The second-order valence-electron chi connectivity index (χ2n) is 7.76. The van der Waals surface area contributed by atoms with E-state index in [4.69, 9.17) is 39.5 Å². The van der Waals surface area contributed by atoms with Crippen LogP contribution in [0, 0.1) is 0 Å². The fourth-order valence-corrected chi connectivity index (χ4v) is 4.69. The first kappa shape index (κ1) is 21.2. The second-order valence-corrected chi connectivity index (χ2v) is 9.01. The minimum atomic E-state index is -4.55. The van der Waals surface area contributed by atoms with E-state index in [1.54, 1.807) is 22.8 Å². The van der Waals surface area contributed by atoms with Gasteiger partial charge in [0.1, 0.15) is 5.52 Å². The molecule has 2 aromatic carbocycles. The van der Waals surface area contributed by atoms with Crippen LogP contribution in [0.2, 0.25) is 15.1 Å². The number of aryl methyl sites for hydroxylation is 1. The van der Waals surface area contributed by atoms with Gasteiger partial charge in [0.2, 0.25) is 5.95 Å². The Morgan fingerprint density at radius 1 is 1.03 bits per heavy atom. The SMILES string of the molecule is FC(F)(F)C(OC1CC1)c1ccc(Cl)c2nc3n(c12)CCCN3c1ccc(Cl)cc1Cl. The molecule has 1 unspecified atom stereocenters. The molecule has 0 amide bonds. The van der Waals surface area contributed by atoms with Gasteiger partial charge >= 0.3 is 6.18 Å². The molecule has 5 rings (SSSR count). The molecule has 164 valence electrons. The second kappa shape index (κ2) is 7.73. The number of ether oxygens (including phenoxy) is 1. The smallest absolute Gasteiger partial charge is 0.361 e. The van der Waals surface area contributed by atoms with Gasteiger partial charge in [0, 0.05) is 23.7 Å². The highest BCUT2D eigenvalue weighted by Crippen LogP contribution is 2.46. The maximum Gasteiger partial charge on any atom is 0.418 e. The van der Waals surface area contributed by atoms with E-state index < -0.39 is 12.3 Å². The number of benzene rings is 2. The number of rotatable bonds is 4. The van der Waals surface area contributed by atoms with Crippen molar-refractivity contribution < 1.29 is 17.9 Å². The summed E-state index contributed by atoms with van der Waals surface area (Å²) < 4.78 is 49.1.